The summed E-state index contributed by atoms with van der Waals surface area (Å²) >= 11 is 0. The van der Waals surface area contributed by atoms with Crippen molar-refractivity contribution >= 4 is 5.97 Å². The molecule has 0 aromatic heterocycles. The first kappa shape index (κ1) is 29.2. The molecule has 0 N–H and O–H groups in total. The number of carbonyl (C=O) groups excluding carboxylic acids is 1. The van der Waals surface area contributed by atoms with Crippen LogP contribution in [0.25, 0.3) is 0 Å². The smallest absolute Gasteiger partial charge is 0.332 e. The molecule has 0 amide bonds. The van der Waals surface area contributed by atoms with Crippen LogP contribution in [0.2, 0.25) is 0 Å². The maximum atomic E-state index is 12.7. The van der Waals surface area contributed by atoms with Crippen LogP contribution in [0.1, 0.15) is 137 Å². The number of ether oxygens (including phenoxy) is 1. The number of likely N-dealkylation sites (tertiary alicyclic amines) is 1. The summed E-state index contributed by atoms with van der Waals surface area (Å²) in [6, 6.07) is 0. The molecule has 1 saturated heterocycles. The normalized spacial score (nSPS) is 38.9. The lowest BCUT2D eigenvalue weighted by molar-refractivity contribution is -0.145. The van der Waals surface area contributed by atoms with E-state index in [0.717, 1.165) is 55.5 Å². The van der Waals surface area contributed by atoms with Crippen LogP contribution < -0.4 is 0 Å². The molecule has 3 heteroatoms. The predicted molar refractivity (Wildman–Crippen MR) is 162 cm³/mol. The monoisotopic (exact) mass is 537 g/mol. The van der Waals surface area contributed by atoms with E-state index < -0.39 is 0 Å². The molecule has 0 bridgehead atoms. The van der Waals surface area contributed by atoms with Gasteiger partial charge in [-0.3, -0.25) is 0 Å². The van der Waals surface area contributed by atoms with Gasteiger partial charge in [0.15, 0.2) is 0 Å². The molecule has 5 rings (SSSR count). The van der Waals surface area contributed by atoms with Gasteiger partial charge in [0.1, 0.15) is 6.10 Å². The van der Waals surface area contributed by atoms with Crippen molar-refractivity contribution < 1.29 is 9.53 Å². The van der Waals surface area contributed by atoms with E-state index in [-0.39, 0.29) is 12.1 Å². The minimum absolute atomic E-state index is 0.0564. The second-order valence-electron chi connectivity index (χ2n) is 15.2. The van der Waals surface area contributed by atoms with Gasteiger partial charge in [-0.15, -0.1) is 0 Å². The van der Waals surface area contributed by atoms with Gasteiger partial charge in [0.05, 0.1) is 0 Å². The van der Waals surface area contributed by atoms with E-state index in [2.05, 4.69) is 38.7 Å². The lowest BCUT2D eigenvalue weighted by Crippen LogP contribution is -2.50. The molecule has 7 atom stereocenters. The Morgan fingerprint density at radius 1 is 1.00 bits per heavy atom. The van der Waals surface area contributed by atoms with E-state index in [1.54, 1.807) is 11.6 Å². The first-order chi connectivity index (χ1) is 18.8. The number of unbranched alkanes of at least 4 members (excludes halogenated alkanes) is 1. The zero-order valence-electron chi connectivity index (χ0n) is 25.9. The lowest BCUT2D eigenvalue weighted by atomic mass is 9.47. The first-order valence-corrected chi connectivity index (χ1v) is 17.1. The summed E-state index contributed by atoms with van der Waals surface area (Å²) in [6.45, 7) is 12.1. The average molecular weight is 538 g/mol. The minimum Gasteiger partial charge on any atom is -0.459 e. The molecule has 5 aliphatic rings. The molecule has 0 aromatic rings. The summed E-state index contributed by atoms with van der Waals surface area (Å²) in [5.74, 6) is 4.29. The fourth-order valence-corrected chi connectivity index (χ4v) is 10.0. The third kappa shape index (κ3) is 6.48. The highest BCUT2D eigenvalue weighted by Gasteiger charge is 2.58. The first-order valence-electron chi connectivity index (χ1n) is 17.1. The molecule has 0 aromatic carbocycles. The summed E-state index contributed by atoms with van der Waals surface area (Å²) in [5.41, 5.74) is 2.52. The molecule has 39 heavy (non-hydrogen) atoms. The minimum atomic E-state index is -0.140. The number of nitrogens with zero attached hydrogens (tertiary/aromatic N) is 1. The van der Waals surface area contributed by atoms with Crippen molar-refractivity contribution in [1.82, 2.24) is 4.90 Å². The van der Waals surface area contributed by atoms with Gasteiger partial charge in [-0.2, -0.15) is 0 Å². The lowest BCUT2D eigenvalue weighted by Gasteiger charge is -2.58. The predicted octanol–water partition coefficient (Wildman–Crippen LogP) is 9.47. The molecule has 3 saturated carbocycles. The van der Waals surface area contributed by atoms with Gasteiger partial charge in [-0.1, -0.05) is 77.9 Å². The molecule has 4 aliphatic carbocycles. The van der Waals surface area contributed by atoms with Crippen LogP contribution >= 0.6 is 0 Å². The summed E-state index contributed by atoms with van der Waals surface area (Å²) in [5, 5.41) is 0. The van der Waals surface area contributed by atoms with Gasteiger partial charge >= 0.3 is 5.97 Å². The van der Waals surface area contributed by atoms with E-state index in [0.29, 0.717) is 10.8 Å². The van der Waals surface area contributed by atoms with Crippen LogP contribution in [0.15, 0.2) is 23.9 Å². The van der Waals surface area contributed by atoms with Crippen LogP contribution in [0.3, 0.4) is 0 Å². The van der Waals surface area contributed by atoms with E-state index in [1.165, 1.54) is 96.3 Å². The molecule has 0 spiro atoms. The number of hydrogen-bond donors (Lipinski definition) is 0. The van der Waals surface area contributed by atoms with Gasteiger partial charge in [-0.25, -0.2) is 4.79 Å². The maximum Gasteiger partial charge on any atom is 0.332 e. The highest BCUT2D eigenvalue weighted by atomic mass is 16.5. The Morgan fingerprint density at radius 2 is 1.77 bits per heavy atom. The van der Waals surface area contributed by atoms with Crippen molar-refractivity contribution in [2.75, 3.05) is 13.1 Å². The van der Waals surface area contributed by atoms with Gasteiger partial charge in [0.2, 0.25) is 0 Å². The number of rotatable bonds is 8. The Labute approximate surface area is 240 Å². The second-order valence-corrected chi connectivity index (χ2v) is 15.2. The van der Waals surface area contributed by atoms with Crippen molar-refractivity contribution in [2.24, 2.45) is 40.4 Å². The van der Waals surface area contributed by atoms with E-state index in [1.807, 2.05) is 6.20 Å². The molecule has 3 nitrogen and oxygen atoms in total. The van der Waals surface area contributed by atoms with Crippen LogP contribution in [0, 0.1) is 40.4 Å². The van der Waals surface area contributed by atoms with Crippen molar-refractivity contribution in [1.29, 1.82) is 0 Å². The molecule has 1 aliphatic heterocycles. The maximum absolute atomic E-state index is 12.7. The van der Waals surface area contributed by atoms with Crippen molar-refractivity contribution in [3.8, 4) is 0 Å². The van der Waals surface area contributed by atoms with E-state index >= 15 is 0 Å². The SMILES string of the molecule is CC(C)CCCCC1CCC2C3CC=C4CC(OC(=O)/C=C/N5CCCCCCC5)CCC4(C)C3CCC12C. The van der Waals surface area contributed by atoms with Crippen molar-refractivity contribution in [3.63, 3.8) is 0 Å². The summed E-state index contributed by atoms with van der Waals surface area (Å²) in [6.07, 6.45) is 28.8. The molecule has 4 fully saturated rings. The molecule has 220 valence electrons. The molecule has 0 radical (unpaired) electrons. The summed E-state index contributed by atoms with van der Waals surface area (Å²) in [4.78, 5) is 15.1. The Morgan fingerprint density at radius 3 is 2.54 bits per heavy atom. The van der Waals surface area contributed by atoms with E-state index in [4.69, 9.17) is 4.74 Å². The molecular formula is C36H59NO2. The average Bonchev–Trinajstić information content (AvgIpc) is 3.22. The standard InChI is InChI=1S/C36H59NO2/c1-27(2)12-8-9-13-28-15-17-32-31-16-14-29-26-30(18-21-36(29,4)33(31)19-22-35(28,32)3)39-34(38)20-25-37-23-10-6-5-7-11-24-37/h14,20,25,27-28,30-33H,5-13,15-19,21-24,26H2,1-4H3/b25-20+. The Hall–Kier alpha value is -1.25. The van der Waals surface area contributed by atoms with Crippen LogP contribution in [-0.4, -0.2) is 30.1 Å². The summed E-state index contributed by atoms with van der Waals surface area (Å²) in [7, 11) is 0. The van der Waals surface area contributed by atoms with Gasteiger partial charge < -0.3 is 9.64 Å². The molecule has 1 heterocycles. The summed E-state index contributed by atoms with van der Waals surface area (Å²) < 4.78 is 6.04. The quantitative estimate of drug-likeness (QED) is 0.134. The van der Waals surface area contributed by atoms with Gasteiger partial charge in [-0.05, 0) is 105 Å². The van der Waals surface area contributed by atoms with E-state index in [9.17, 15) is 4.79 Å². The highest BCUT2D eigenvalue weighted by Crippen LogP contribution is 2.66. The van der Waals surface area contributed by atoms with Gasteiger partial charge in [0, 0.05) is 31.8 Å². The van der Waals surface area contributed by atoms with Gasteiger partial charge in [0.25, 0.3) is 0 Å². The Bertz CT molecular complexity index is 882. The Balaban J connectivity index is 1.16. The van der Waals surface area contributed by atoms with Crippen LogP contribution in [0.4, 0.5) is 0 Å². The zero-order chi connectivity index (χ0) is 27.5. The number of carbonyl (C=O) groups is 1. The fraction of sp³-hybridized carbons (Fsp3) is 0.861. The Kier molecular flexibility index (Phi) is 9.54. The number of fused-ring (bicyclic) bond motifs is 5. The third-order valence-corrected chi connectivity index (χ3v) is 12.4. The van der Waals surface area contributed by atoms with Crippen molar-refractivity contribution in [3.05, 3.63) is 23.9 Å². The zero-order valence-corrected chi connectivity index (χ0v) is 25.9. The third-order valence-electron chi connectivity index (χ3n) is 12.4. The fourth-order valence-electron chi connectivity index (χ4n) is 10.0. The topological polar surface area (TPSA) is 29.5 Å². The van der Waals surface area contributed by atoms with Crippen LogP contribution in [0.5, 0.6) is 0 Å². The number of allylic oxidation sites excluding steroid dienone is 1. The number of esters is 1. The molecular weight excluding hydrogens is 478 g/mol. The molecule has 7 unspecified atom stereocenters. The van der Waals surface area contributed by atoms with Crippen molar-refractivity contribution in [2.45, 2.75) is 143 Å². The highest BCUT2D eigenvalue weighted by molar-refractivity contribution is 5.82. The number of hydrogen-bond acceptors (Lipinski definition) is 3. The van der Waals surface area contributed by atoms with Crippen LogP contribution in [-0.2, 0) is 9.53 Å². The second kappa shape index (κ2) is 12.7. The largest absolute Gasteiger partial charge is 0.459 e.